The molecule has 0 unspecified atom stereocenters. The van der Waals surface area contributed by atoms with Gasteiger partial charge in [0.1, 0.15) is 5.69 Å². The van der Waals surface area contributed by atoms with Gasteiger partial charge in [-0.2, -0.15) is 0 Å². The van der Waals surface area contributed by atoms with Gasteiger partial charge in [0, 0.05) is 13.5 Å². The maximum Gasteiger partial charge on any atom is 0.310 e. The summed E-state index contributed by atoms with van der Waals surface area (Å²) in [7, 11) is 1.74. The summed E-state index contributed by atoms with van der Waals surface area (Å²) in [6.45, 7) is 1.74. The van der Waals surface area contributed by atoms with Gasteiger partial charge in [-0.15, -0.1) is 0 Å². The predicted molar refractivity (Wildman–Crippen MR) is 92.9 cm³/mol. The fraction of sp³-hybridized carbons (Fsp3) is 0.389. The van der Waals surface area contributed by atoms with Crippen LogP contribution in [0.1, 0.15) is 31.4 Å². The van der Waals surface area contributed by atoms with Gasteiger partial charge in [-0.1, -0.05) is 24.6 Å². The maximum atomic E-state index is 12.7. The van der Waals surface area contributed by atoms with E-state index in [1.165, 1.54) is 4.68 Å². The number of nitrogens with one attached hydrogen (secondary N) is 1. The van der Waals surface area contributed by atoms with E-state index in [-0.39, 0.29) is 17.7 Å². The van der Waals surface area contributed by atoms with Crippen LogP contribution in [0.2, 0.25) is 0 Å². The van der Waals surface area contributed by atoms with E-state index in [1.54, 1.807) is 30.8 Å². The number of amides is 1. The Labute approximate surface area is 144 Å². The van der Waals surface area contributed by atoms with Gasteiger partial charge in [-0.25, -0.2) is 4.68 Å². The quantitative estimate of drug-likeness (QED) is 0.869. The Bertz CT molecular complexity index is 876. The van der Waals surface area contributed by atoms with Crippen LogP contribution in [-0.2, 0) is 16.6 Å². The predicted octanol–water partition coefficient (Wildman–Crippen LogP) is 2.07. The van der Waals surface area contributed by atoms with Crippen LogP contribution in [0.3, 0.4) is 0 Å². The Kier molecular flexibility index (Phi) is 4.24. The normalized spacial score (nSPS) is 15.4. The lowest BCUT2D eigenvalue weighted by molar-refractivity contribution is -0.157. The lowest BCUT2D eigenvalue weighted by Crippen LogP contribution is -2.41. The second-order valence-electron chi connectivity index (χ2n) is 6.60. The molecule has 25 heavy (non-hydrogen) atoms. The number of aliphatic carboxylic acids is 1. The van der Waals surface area contributed by atoms with Crippen molar-refractivity contribution in [3.05, 3.63) is 46.4 Å². The van der Waals surface area contributed by atoms with Crippen LogP contribution in [0.4, 0.5) is 5.69 Å². The first-order valence-electron chi connectivity index (χ1n) is 8.23. The van der Waals surface area contributed by atoms with Crippen LogP contribution in [0.15, 0.2) is 35.1 Å². The number of aromatic nitrogens is 2. The molecule has 1 aliphatic carbocycles. The van der Waals surface area contributed by atoms with Gasteiger partial charge in [-0.3, -0.25) is 19.1 Å². The summed E-state index contributed by atoms with van der Waals surface area (Å²) in [4.78, 5) is 36.5. The van der Waals surface area contributed by atoms with Gasteiger partial charge in [0.15, 0.2) is 0 Å². The van der Waals surface area contributed by atoms with Crippen molar-refractivity contribution >= 4 is 17.6 Å². The summed E-state index contributed by atoms with van der Waals surface area (Å²) in [5.41, 5.74) is 0.180. The number of anilines is 1. The zero-order valence-electron chi connectivity index (χ0n) is 14.3. The van der Waals surface area contributed by atoms with E-state index < -0.39 is 17.3 Å². The van der Waals surface area contributed by atoms with Gasteiger partial charge in [0.25, 0.3) is 5.56 Å². The van der Waals surface area contributed by atoms with Crippen molar-refractivity contribution in [1.29, 1.82) is 0 Å². The van der Waals surface area contributed by atoms with Crippen molar-refractivity contribution in [3.8, 4) is 5.69 Å². The molecule has 1 amide bonds. The zero-order chi connectivity index (χ0) is 18.2. The minimum atomic E-state index is -0.981. The first-order chi connectivity index (χ1) is 11.9. The van der Waals surface area contributed by atoms with Crippen LogP contribution < -0.4 is 10.9 Å². The molecule has 1 aliphatic rings. The highest BCUT2D eigenvalue weighted by atomic mass is 16.4. The van der Waals surface area contributed by atoms with Crippen LogP contribution in [0, 0.1) is 12.3 Å². The van der Waals surface area contributed by atoms with E-state index in [4.69, 9.17) is 0 Å². The molecule has 0 saturated heterocycles. The molecule has 1 fully saturated rings. The fourth-order valence-corrected chi connectivity index (χ4v) is 3.27. The second kappa shape index (κ2) is 6.23. The molecule has 132 valence electrons. The standard InChI is InChI=1S/C18H21N3O4/c1-12-15(19-14(22)11-18(17(24)25)9-6-10-18)16(23)21(20(12)2)13-7-4-3-5-8-13/h3-5,7-8H,6,9-11H2,1-2H3,(H,19,22)(H,24,25). The van der Waals surface area contributed by atoms with E-state index in [0.29, 0.717) is 24.2 Å². The third kappa shape index (κ3) is 2.86. The van der Waals surface area contributed by atoms with Crippen molar-refractivity contribution in [2.75, 3.05) is 5.32 Å². The number of hydrogen-bond acceptors (Lipinski definition) is 3. The summed E-state index contributed by atoms with van der Waals surface area (Å²) >= 11 is 0. The molecule has 2 aromatic rings. The third-order valence-corrected chi connectivity index (χ3v) is 5.08. The van der Waals surface area contributed by atoms with E-state index in [0.717, 1.165) is 6.42 Å². The lowest BCUT2D eigenvalue weighted by Gasteiger charge is -2.36. The highest BCUT2D eigenvalue weighted by Gasteiger charge is 2.46. The SMILES string of the molecule is Cc1c(NC(=O)CC2(C(=O)O)CCC2)c(=O)n(-c2ccccc2)n1C. The molecule has 1 saturated carbocycles. The summed E-state index contributed by atoms with van der Waals surface area (Å²) in [6.07, 6.45) is 1.70. The minimum Gasteiger partial charge on any atom is -0.481 e. The molecule has 3 rings (SSSR count). The third-order valence-electron chi connectivity index (χ3n) is 5.08. The number of benzene rings is 1. The molecule has 7 heteroatoms. The Morgan fingerprint density at radius 1 is 1.24 bits per heavy atom. The number of para-hydroxylation sites is 1. The van der Waals surface area contributed by atoms with Gasteiger partial charge in [-0.05, 0) is 31.9 Å². The molecule has 0 atom stereocenters. The van der Waals surface area contributed by atoms with E-state index in [9.17, 15) is 19.5 Å². The van der Waals surface area contributed by atoms with E-state index in [2.05, 4.69) is 5.32 Å². The van der Waals surface area contributed by atoms with Gasteiger partial charge in [0.05, 0.1) is 16.8 Å². The van der Waals surface area contributed by atoms with Crippen LogP contribution in [0.5, 0.6) is 0 Å². The summed E-state index contributed by atoms with van der Waals surface area (Å²) in [5, 5.41) is 12.0. The smallest absolute Gasteiger partial charge is 0.310 e. The second-order valence-corrected chi connectivity index (χ2v) is 6.60. The number of nitrogens with zero attached hydrogens (tertiary/aromatic N) is 2. The topological polar surface area (TPSA) is 93.3 Å². The Hall–Kier alpha value is -2.83. The number of hydrogen-bond donors (Lipinski definition) is 2. The monoisotopic (exact) mass is 343 g/mol. The lowest BCUT2D eigenvalue weighted by atomic mass is 9.66. The van der Waals surface area contributed by atoms with Crippen molar-refractivity contribution in [2.45, 2.75) is 32.6 Å². The molecule has 1 heterocycles. The van der Waals surface area contributed by atoms with Crippen molar-refractivity contribution in [2.24, 2.45) is 12.5 Å². The highest BCUT2D eigenvalue weighted by molar-refractivity contribution is 5.94. The average molecular weight is 343 g/mol. The van der Waals surface area contributed by atoms with Crippen LogP contribution in [-0.4, -0.2) is 26.3 Å². The van der Waals surface area contributed by atoms with E-state index in [1.807, 2.05) is 18.2 Å². The summed E-state index contributed by atoms with van der Waals surface area (Å²) in [6, 6.07) is 9.13. The number of carbonyl (C=O) groups excluding carboxylic acids is 1. The molecule has 0 aliphatic heterocycles. The molecule has 0 radical (unpaired) electrons. The van der Waals surface area contributed by atoms with Gasteiger partial charge < -0.3 is 10.4 Å². The molecule has 0 spiro atoms. The largest absolute Gasteiger partial charge is 0.481 e. The summed E-state index contributed by atoms with van der Waals surface area (Å²) in [5.74, 6) is -1.38. The first kappa shape index (κ1) is 17.0. The number of carboxylic acid groups (broad SMARTS) is 1. The highest BCUT2D eigenvalue weighted by Crippen LogP contribution is 2.44. The Balaban J connectivity index is 1.88. The maximum absolute atomic E-state index is 12.7. The zero-order valence-corrected chi connectivity index (χ0v) is 14.3. The Morgan fingerprint density at radius 3 is 2.40 bits per heavy atom. The van der Waals surface area contributed by atoms with Crippen LogP contribution >= 0.6 is 0 Å². The van der Waals surface area contributed by atoms with E-state index >= 15 is 0 Å². The minimum absolute atomic E-state index is 0.110. The van der Waals surface area contributed by atoms with Crippen molar-refractivity contribution < 1.29 is 14.7 Å². The van der Waals surface area contributed by atoms with Crippen molar-refractivity contribution in [1.82, 2.24) is 9.36 Å². The van der Waals surface area contributed by atoms with Crippen molar-refractivity contribution in [3.63, 3.8) is 0 Å². The number of carbonyl (C=O) groups is 2. The Morgan fingerprint density at radius 2 is 1.88 bits per heavy atom. The molecule has 2 N–H and O–H groups in total. The fourth-order valence-electron chi connectivity index (χ4n) is 3.27. The summed E-state index contributed by atoms with van der Waals surface area (Å²) < 4.78 is 3.14. The molecule has 1 aromatic heterocycles. The molecule has 0 bridgehead atoms. The molecule has 7 nitrogen and oxygen atoms in total. The first-order valence-corrected chi connectivity index (χ1v) is 8.23. The van der Waals surface area contributed by atoms with Gasteiger partial charge >= 0.3 is 5.97 Å². The van der Waals surface area contributed by atoms with Crippen LogP contribution in [0.25, 0.3) is 5.69 Å². The number of rotatable bonds is 5. The molecule has 1 aromatic carbocycles. The molecular weight excluding hydrogens is 322 g/mol. The average Bonchev–Trinajstić information content (AvgIpc) is 2.75. The number of carboxylic acids is 1. The molecular formula is C18H21N3O4. The van der Waals surface area contributed by atoms with Gasteiger partial charge in [0.2, 0.25) is 5.91 Å².